The van der Waals surface area contributed by atoms with Crippen LogP contribution in [0.25, 0.3) is 0 Å². The summed E-state index contributed by atoms with van der Waals surface area (Å²) in [5.41, 5.74) is 5.15. The number of esters is 1. The Labute approximate surface area is 193 Å². The van der Waals surface area contributed by atoms with Crippen molar-refractivity contribution in [1.29, 1.82) is 0 Å². The molecule has 0 aromatic carbocycles. The topological polar surface area (TPSA) is 98.8 Å². The number of rotatable bonds is 13. The van der Waals surface area contributed by atoms with E-state index in [2.05, 4.69) is 13.8 Å². The normalized spacial score (nSPS) is 33.9. The molecule has 2 fully saturated rings. The number of ether oxygens (including phenoxy) is 2. The molecule has 0 aromatic heterocycles. The first kappa shape index (κ1) is 25.1. The molecule has 2 heterocycles. The molecule has 2 aliphatic heterocycles. The van der Waals surface area contributed by atoms with E-state index in [-0.39, 0.29) is 23.0 Å². The number of amides is 1. The van der Waals surface area contributed by atoms with E-state index in [0.717, 1.165) is 25.7 Å². The van der Waals surface area contributed by atoms with Crippen molar-refractivity contribution in [2.75, 3.05) is 6.61 Å². The molecule has 1 saturated heterocycles. The van der Waals surface area contributed by atoms with E-state index in [1.165, 1.54) is 57.4 Å². The van der Waals surface area contributed by atoms with Crippen molar-refractivity contribution in [2.24, 2.45) is 23.0 Å². The van der Waals surface area contributed by atoms with Gasteiger partial charge >= 0.3 is 5.97 Å². The van der Waals surface area contributed by atoms with E-state index in [1.807, 2.05) is 0 Å². The molecule has 6 nitrogen and oxygen atoms in total. The molecule has 1 saturated carbocycles. The molecule has 1 aliphatic carbocycles. The monoisotopic (exact) mass is 449 g/mol. The van der Waals surface area contributed by atoms with Gasteiger partial charge in [0.05, 0.1) is 30.1 Å². The van der Waals surface area contributed by atoms with Crippen molar-refractivity contribution in [2.45, 2.75) is 115 Å². The number of carbonyl (C=O) groups is 2. The Bertz CT molecular complexity index is 692. The van der Waals surface area contributed by atoms with Gasteiger partial charge in [0.2, 0.25) is 5.91 Å². The lowest BCUT2D eigenvalue weighted by molar-refractivity contribution is -0.317. The van der Waals surface area contributed by atoms with Crippen LogP contribution in [-0.4, -0.2) is 35.3 Å². The second kappa shape index (κ2) is 11.0. The molecule has 3 aliphatic rings. The summed E-state index contributed by atoms with van der Waals surface area (Å²) in [4.78, 5) is 24.5. The van der Waals surface area contributed by atoms with Crippen molar-refractivity contribution in [3.05, 3.63) is 11.8 Å². The SMILES string of the molecule is CCCCCCCCC1(CCCCCC)COC12CC1C(O)=CC(=O)OC1CC2C(N)=O. The second-order valence-corrected chi connectivity index (χ2v) is 10.3. The average Bonchev–Trinajstić information content (AvgIpc) is 2.75. The Morgan fingerprint density at radius 3 is 2.22 bits per heavy atom. The van der Waals surface area contributed by atoms with Crippen LogP contribution >= 0.6 is 0 Å². The number of fused-ring (bicyclic) bond motifs is 1. The molecule has 0 aromatic rings. The van der Waals surface area contributed by atoms with Gasteiger partial charge in [0.1, 0.15) is 11.9 Å². The fourth-order valence-corrected chi connectivity index (χ4v) is 6.40. The van der Waals surface area contributed by atoms with Crippen LogP contribution in [-0.2, 0) is 19.1 Å². The maximum absolute atomic E-state index is 12.6. The quantitative estimate of drug-likeness (QED) is 0.292. The van der Waals surface area contributed by atoms with Gasteiger partial charge in [-0.05, 0) is 25.7 Å². The van der Waals surface area contributed by atoms with Gasteiger partial charge in [-0.25, -0.2) is 4.79 Å². The van der Waals surface area contributed by atoms with Crippen LogP contribution in [0.3, 0.4) is 0 Å². The van der Waals surface area contributed by atoms with Crippen LogP contribution in [0.5, 0.6) is 0 Å². The fourth-order valence-electron chi connectivity index (χ4n) is 6.40. The van der Waals surface area contributed by atoms with Crippen LogP contribution < -0.4 is 5.73 Å². The molecule has 0 bridgehead atoms. The van der Waals surface area contributed by atoms with Gasteiger partial charge in [-0.3, -0.25) is 4.79 Å². The molecule has 5 unspecified atom stereocenters. The third-order valence-electron chi connectivity index (χ3n) is 8.28. The predicted molar refractivity (Wildman–Crippen MR) is 124 cm³/mol. The zero-order chi connectivity index (χ0) is 23.2. The Morgan fingerprint density at radius 2 is 1.66 bits per heavy atom. The van der Waals surface area contributed by atoms with E-state index < -0.39 is 23.6 Å². The molecule has 3 rings (SSSR count). The zero-order valence-electron chi connectivity index (χ0n) is 20.1. The highest BCUT2D eigenvalue weighted by Crippen LogP contribution is 2.62. The van der Waals surface area contributed by atoms with Gasteiger partial charge in [-0.15, -0.1) is 0 Å². The minimum Gasteiger partial charge on any atom is -0.512 e. The summed E-state index contributed by atoms with van der Waals surface area (Å²) in [6.07, 6.45) is 15.6. The van der Waals surface area contributed by atoms with Crippen molar-refractivity contribution in [3.63, 3.8) is 0 Å². The summed E-state index contributed by atoms with van der Waals surface area (Å²) < 4.78 is 11.8. The minimum absolute atomic E-state index is 0.0588. The number of aliphatic hydroxyl groups excluding tert-OH is 1. The third kappa shape index (κ3) is 5.00. The van der Waals surface area contributed by atoms with Gasteiger partial charge in [0, 0.05) is 5.41 Å². The lowest BCUT2D eigenvalue weighted by atomic mass is 9.51. The Balaban J connectivity index is 1.80. The maximum atomic E-state index is 12.6. The third-order valence-corrected chi connectivity index (χ3v) is 8.28. The molecule has 5 atom stereocenters. The number of nitrogens with two attached hydrogens (primary N) is 1. The maximum Gasteiger partial charge on any atom is 0.334 e. The molecule has 0 radical (unpaired) electrons. The molecular weight excluding hydrogens is 406 g/mol. The molecule has 1 spiro atoms. The van der Waals surface area contributed by atoms with E-state index in [1.54, 1.807) is 0 Å². The second-order valence-electron chi connectivity index (χ2n) is 10.3. The summed E-state index contributed by atoms with van der Waals surface area (Å²) >= 11 is 0. The Kier molecular flexibility index (Phi) is 8.65. The first-order valence-corrected chi connectivity index (χ1v) is 12.9. The number of unbranched alkanes of at least 4 members (excludes halogenated alkanes) is 8. The smallest absolute Gasteiger partial charge is 0.334 e. The van der Waals surface area contributed by atoms with Crippen LogP contribution in [0.15, 0.2) is 11.8 Å². The standard InChI is InChI=1S/C26H43NO5/c1-3-5-7-9-10-12-14-25(13-11-8-6-4-2)18-31-26(25)17-19-21(28)16-23(29)32-22(19)15-20(26)24(27)30/h16,19-20,22,28H,3-15,17-18H2,1-2H3,(H2,27,30). The van der Waals surface area contributed by atoms with E-state index in [0.29, 0.717) is 19.4 Å². The first-order chi connectivity index (χ1) is 15.4. The molecule has 1 amide bonds. The molecule has 182 valence electrons. The minimum atomic E-state index is -0.665. The van der Waals surface area contributed by atoms with Gasteiger partial charge in [0.25, 0.3) is 0 Å². The number of primary amides is 1. The van der Waals surface area contributed by atoms with Crippen LogP contribution in [0, 0.1) is 17.3 Å². The van der Waals surface area contributed by atoms with E-state index in [4.69, 9.17) is 15.2 Å². The number of carbonyl (C=O) groups excluding carboxylic acids is 2. The highest BCUT2D eigenvalue weighted by molar-refractivity contribution is 5.84. The highest BCUT2D eigenvalue weighted by atomic mass is 16.6. The Morgan fingerprint density at radius 1 is 1.06 bits per heavy atom. The van der Waals surface area contributed by atoms with Crippen molar-refractivity contribution >= 4 is 11.9 Å². The van der Waals surface area contributed by atoms with Gasteiger partial charge in [-0.1, -0.05) is 78.1 Å². The highest BCUT2D eigenvalue weighted by Gasteiger charge is 2.68. The molecular formula is C26H43NO5. The van der Waals surface area contributed by atoms with Crippen molar-refractivity contribution in [3.8, 4) is 0 Å². The average molecular weight is 450 g/mol. The molecule has 6 heteroatoms. The molecule has 3 N–H and O–H groups in total. The van der Waals surface area contributed by atoms with Crippen molar-refractivity contribution in [1.82, 2.24) is 0 Å². The summed E-state index contributed by atoms with van der Waals surface area (Å²) in [6, 6.07) is 0. The lowest BCUT2D eigenvalue weighted by Gasteiger charge is -2.65. The molecule has 32 heavy (non-hydrogen) atoms. The van der Waals surface area contributed by atoms with Crippen molar-refractivity contribution < 1.29 is 24.2 Å². The van der Waals surface area contributed by atoms with Crippen LogP contribution in [0.2, 0.25) is 0 Å². The van der Waals surface area contributed by atoms with Crippen LogP contribution in [0.1, 0.15) is 104 Å². The summed E-state index contributed by atoms with van der Waals surface area (Å²) in [5, 5.41) is 10.6. The van der Waals surface area contributed by atoms with Gasteiger partial charge in [0.15, 0.2) is 0 Å². The number of hydrogen-bond donors (Lipinski definition) is 2. The Hall–Kier alpha value is -1.56. The number of aliphatic hydroxyl groups is 1. The van der Waals surface area contributed by atoms with E-state index >= 15 is 0 Å². The predicted octanol–water partition coefficient (Wildman–Crippen LogP) is 5.34. The first-order valence-electron chi connectivity index (χ1n) is 12.9. The largest absolute Gasteiger partial charge is 0.512 e. The summed E-state index contributed by atoms with van der Waals surface area (Å²) in [6.45, 7) is 5.09. The fraction of sp³-hybridized carbons (Fsp3) is 0.846. The zero-order valence-corrected chi connectivity index (χ0v) is 20.1. The van der Waals surface area contributed by atoms with Gasteiger partial charge < -0.3 is 20.3 Å². The van der Waals surface area contributed by atoms with E-state index in [9.17, 15) is 14.7 Å². The lowest BCUT2D eigenvalue weighted by Crippen LogP contribution is -2.72. The van der Waals surface area contributed by atoms with Gasteiger partial charge in [-0.2, -0.15) is 0 Å². The summed E-state index contributed by atoms with van der Waals surface area (Å²) in [7, 11) is 0. The summed E-state index contributed by atoms with van der Waals surface area (Å²) in [5.74, 6) is -1.68. The number of hydrogen-bond acceptors (Lipinski definition) is 5. The van der Waals surface area contributed by atoms with Crippen LogP contribution in [0.4, 0.5) is 0 Å².